The number of carbonyl (C=O) groups is 1. The van der Waals surface area contributed by atoms with Crippen LogP contribution in [0, 0.1) is 0 Å². The van der Waals surface area contributed by atoms with Crippen molar-refractivity contribution in [3.63, 3.8) is 0 Å². The number of rotatable bonds is 6. The number of aryl methyl sites for hydroxylation is 1. The molecule has 0 unspecified atom stereocenters. The van der Waals surface area contributed by atoms with Gasteiger partial charge in [0.25, 0.3) is 0 Å². The average molecular weight is 412 g/mol. The highest BCUT2D eigenvalue weighted by Gasteiger charge is 2.28. The second-order valence-electron chi connectivity index (χ2n) is 7.66. The van der Waals surface area contributed by atoms with Crippen molar-refractivity contribution >= 4 is 26.8 Å². The van der Waals surface area contributed by atoms with E-state index >= 15 is 0 Å². The fourth-order valence-corrected chi connectivity index (χ4v) is 5.52. The van der Waals surface area contributed by atoms with Gasteiger partial charge in [-0.15, -0.1) is 0 Å². The van der Waals surface area contributed by atoms with Crippen LogP contribution in [-0.4, -0.2) is 35.5 Å². The molecule has 1 aromatic heterocycles. The first-order chi connectivity index (χ1) is 14.0. The summed E-state index contributed by atoms with van der Waals surface area (Å²) in [6, 6.07) is 13.6. The Morgan fingerprint density at radius 2 is 1.83 bits per heavy atom. The Kier molecular flexibility index (Phi) is 5.52. The van der Waals surface area contributed by atoms with Crippen molar-refractivity contribution < 1.29 is 13.2 Å². The van der Waals surface area contributed by atoms with Crippen LogP contribution >= 0.6 is 0 Å². The first-order valence-electron chi connectivity index (χ1n) is 9.98. The number of imidazole rings is 1. The third-order valence-electron chi connectivity index (χ3n) is 5.66. The molecule has 0 atom stereocenters. The van der Waals surface area contributed by atoms with E-state index < -0.39 is 15.3 Å². The lowest BCUT2D eigenvalue weighted by molar-refractivity contribution is 0.0998. The fourth-order valence-electron chi connectivity index (χ4n) is 3.99. The molecule has 6 nitrogen and oxygen atoms in total. The summed E-state index contributed by atoms with van der Waals surface area (Å²) in [5.41, 5.74) is 3.76. The summed E-state index contributed by atoms with van der Waals surface area (Å²) in [6.07, 6.45) is 5.92. The zero-order valence-corrected chi connectivity index (χ0v) is 17.3. The molecule has 0 radical (unpaired) electrons. The minimum Gasteiger partial charge on any atom is -0.334 e. The molecule has 0 saturated heterocycles. The quantitative estimate of drug-likeness (QED) is 0.628. The van der Waals surface area contributed by atoms with Crippen LogP contribution < -0.4 is 4.72 Å². The normalized spacial score (nSPS) is 15.6. The van der Waals surface area contributed by atoms with Gasteiger partial charge in [0.1, 0.15) is 0 Å². The van der Waals surface area contributed by atoms with Crippen LogP contribution in [0.1, 0.15) is 42.5 Å². The van der Waals surface area contributed by atoms with E-state index in [2.05, 4.69) is 9.71 Å². The summed E-state index contributed by atoms with van der Waals surface area (Å²) in [4.78, 5) is 17.4. The van der Waals surface area contributed by atoms with Gasteiger partial charge < -0.3 is 4.57 Å². The molecular formula is C22H25N3O3S. The van der Waals surface area contributed by atoms with E-state index in [-0.39, 0.29) is 12.3 Å². The molecule has 3 aromatic rings. The molecule has 1 aliphatic carbocycles. The van der Waals surface area contributed by atoms with Gasteiger partial charge in [-0.25, -0.2) is 18.1 Å². The monoisotopic (exact) mass is 411 g/mol. The van der Waals surface area contributed by atoms with E-state index in [0.29, 0.717) is 23.9 Å². The number of sulfonamides is 1. The molecule has 0 amide bonds. The number of Topliss-reactive ketones (excluding diaryl/α,β-unsaturated/α-hetero) is 1. The number of hydrogen-bond acceptors (Lipinski definition) is 4. The summed E-state index contributed by atoms with van der Waals surface area (Å²) in [5, 5.41) is -0.394. The van der Waals surface area contributed by atoms with Gasteiger partial charge in [-0.2, -0.15) is 0 Å². The summed E-state index contributed by atoms with van der Waals surface area (Å²) in [6.45, 7) is -0.247. The van der Waals surface area contributed by atoms with E-state index in [9.17, 15) is 13.2 Å². The Labute approximate surface area is 171 Å². The highest BCUT2D eigenvalue weighted by molar-refractivity contribution is 7.90. The lowest BCUT2D eigenvalue weighted by Gasteiger charge is -2.21. The van der Waals surface area contributed by atoms with Gasteiger partial charge in [-0.05, 0) is 36.1 Å². The van der Waals surface area contributed by atoms with Gasteiger partial charge in [0.2, 0.25) is 10.0 Å². The molecule has 0 bridgehead atoms. The minimum absolute atomic E-state index is 0.247. The highest BCUT2D eigenvalue weighted by atomic mass is 32.2. The van der Waals surface area contributed by atoms with Crippen LogP contribution in [0.25, 0.3) is 22.2 Å². The number of hydrogen-bond donors (Lipinski definition) is 1. The molecular weight excluding hydrogens is 386 g/mol. The lowest BCUT2D eigenvalue weighted by Crippen LogP contribution is -2.38. The zero-order valence-electron chi connectivity index (χ0n) is 16.5. The topological polar surface area (TPSA) is 81.1 Å². The Morgan fingerprint density at radius 1 is 1.10 bits per heavy atom. The number of benzene rings is 2. The molecule has 0 spiro atoms. The number of ketones is 1. The molecule has 2 aromatic carbocycles. The largest absolute Gasteiger partial charge is 0.334 e. The predicted octanol–water partition coefficient (Wildman–Crippen LogP) is 3.68. The Hall–Kier alpha value is -2.51. The van der Waals surface area contributed by atoms with Crippen molar-refractivity contribution in [2.45, 2.75) is 37.4 Å². The maximum absolute atomic E-state index is 13.0. The fraction of sp³-hybridized carbons (Fsp3) is 0.364. The van der Waals surface area contributed by atoms with Crippen molar-refractivity contribution in [1.29, 1.82) is 0 Å². The van der Waals surface area contributed by atoms with Crippen LogP contribution in [0.3, 0.4) is 0 Å². The van der Waals surface area contributed by atoms with Gasteiger partial charge in [0.15, 0.2) is 5.78 Å². The molecule has 0 aliphatic heterocycles. The second kappa shape index (κ2) is 8.08. The third-order valence-corrected chi connectivity index (χ3v) is 7.56. The molecule has 1 heterocycles. The van der Waals surface area contributed by atoms with Crippen LogP contribution in [0.15, 0.2) is 48.8 Å². The third kappa shape index (κ3) is 4.11. The van der Waals surface area contributed by atoms with Crippen molar-refractivity contribution in [3.05, 3.63) is 54.4 Å². The molecule has 1 fully saturated rings. The van der Waals surface area contributed by atoms with Crippen molar-refractivity contribution in [1.82, 2.24) is 14.3 Å². The number of nitrogens with zero attached hydrogens (tertiary/aromatic N) is 2. The molecule has 7 heteroatoms. The maximum Gasteiger partial charge on any atom is 0.214 e. The molecule has 1 saturated carbocycles. The summed E-state index contributed by atoms with van der Waals surface area (Å²) >= 11 is 0. The average Bonchev–Trinajstić information content (AvgIpc) is 3.13. The van der Waals surface area contributed by atoms with E-state index in [1.54, 1.807) is 6.33 Å². The molecule has 1 aliphatic rings. The van der Waals surface area contributed by atoms with E-state index in [4.69, 9.17) is 0 Å². The number of fused-ring (bicyclic) bond motifs is 1. The van der Waals surface area contributed by atoms with Crippen molar-refractivity contribution in [2.24, 2.45) is 7.05 Å². The molecule has 4 rings (SSSR count). The summed E-state index contributed by atoms with van der Waals surface area (Å²) in [5.74, 6) is -0.272. The second-order valence-corrected chi connectivity index (χ2v) is 9.71. The van der Waals surface area contributed by atoms with Crippen molar-refractivity contribution in [3.8, 4) is 11.1 Å². The van der Waals surface area contributed by atoms with Gasteiger partial charge >= 0.3 is 0 Å². The molecule has 1 N–H and O–H groups in total. The minimum atomic E-state index is -3.49. The highest BCUT2D eigenvalue weighted by Crippen LogP contribution is 2.28. The van der Waals surface area contributed by atoms with Gasteiger partial charge in [-0.3, -0.25) is 4.79 Å². The SMILES string of the molecule is Cn1cnc2c(C(=O)CNS(=O)(=O)C3CCCCC3)cc(-c3ccccc3)cc21. The van der Waals surface area contributed by atoms with Crippen LogP contribution in [0.2, 0.25) is 0 Å². The predicted molar refractivity (Wildman–Crippen MR) is 114 cm³/mol. The number of aromatic nitrogens is 2. The van der Waals surface area contributed by atoms with E-state index in [0.717, 1.165) is 35.9 Å². The Morgan fingerprint density at radius 3 is 2.55 bits per heavy atom. The molecule has 29 heavy (non-hydrogen) atoms. The van der Waals surface area contributed by atoms with Gasteiger partial charge in [0, 0.05) is 12.6 Å². The first kappa shape index (κ1) is 19.8. The zero-order chi connectivity index (χ0) is 20.4. The van der Waals surface area contributed by atoms with Gasteiger partial charge in [-0.1, -0.05) is 49.6 Å². The number of carbonyl (C=O) groups excluding carboxylic acids is 1. The number of nitrogens with one attached hydrogen (secondary N) is 1. The standard InChI is InChI=1S/C22H25N3O3S/c1-25-15-23-22-19(12-17(13-20(22)25)16-8-4-2-5-9-16)21(26)14-24-29(27,28)18-10-6-3-7-11-18/h2,4-5,8-9,12-13,15,18,24H,3,6-7,10-11,14H2,1H3. The van der Waals surface area contributed by atoms with Crippen molar-refractivity contribution in [2.75, 3.05) is 6.54 Å². The maximum atomic E-state index is 13.0. The summed E-state index contributed by atoms with van der Waals surface area (Å²) in [7, 11) is -1.61. The van der Waals surface area contributed by atoms with Gasteiger partial charge in [0.05, 0.1) is 29.2 Å². The van der Waals surface area contributed by atoms with E-state index in [1.165, 1.54) is 0 Å². The van der Waals surface area contributed by atoms with Crippen LogP contribution in [-0.2, 0) is 17.1 Å². The Bertz CT molecular complexity index is 1130. The first-order valence-corrected chi connectivity index (χ1v) is 11.5. The smallest absolute Gasteiger partial charge is 0.214 e. The van der Waals surface area contributed by atoms with Crippen LogP contribution in [0.4, 0.5) is 0 Å². The Balaban J connectivity index is 1.63. The molecule has 152 valence electrons. The lowest BCUT2D eigenvalue weighted by atomic mass is 9.99. The summed E-state index contributed by atoms with van der Waals surface area (Å²) < 4.78 is 29.6. The van der Waals surface area contributed by atoms with E-state index in [1.807, 2.05) is 54.1 Å². The van der Waals surface area contributed by atoms with Crippen LogP contribution in [0.5, 0.6) is 0 Å².